The maximum atomic E-state index is 12.0. The second-order valence-electron chi connectivity index (χ2n) is 7.89. The van der Waals surface area contributed by atoms with E-state index in [1.807, 2.05) is 37.2 Å². The lowest BCUT2D eigenvalue weighted by atomic mass is 10.1. The maximum absolute atomic E-state index is 12.0. The van der Waals surface area contributed by atoms with Crippen LogP contribution in [0.1, 0.15) is 63.4 Å². The van der Waals surface area contributed by atoms with Crippen LogP contribution in [0.25, 0.3) is 0 Å². The summed E-state index contributed by atoms with van der Waals surface area (Å²) < 4.78 is 5.69. The summed E-state index contributed by atoms with van der Waals surface area (Å²) in [6, 6.07) is 9.89. The fraction of sp³-hybridized carbons (Fsp3) is 0.652. The summed E-state index contributed by atoms with van der Waals surface area (Å²) in [5.41, 5.74) is 1.22. The number of benzene rings is 1. The number of carbonyl (C=O) groups excluding carboxylic acids is 1. The topological polar surface area (TPSA) is 78.9 Å². The molecule has 29 heavy (non-hydrogen) atoms. The van der Waals surface area contributed by atoms with Crippen LogP contribution < -0.4 is 5.32 Å². The Morgan fingerprint density at radius 1 is 1.00 bits per heavy atom. The number of nitrogens with zero attached hydrogens (tertiary/aromatic N) is 1. The maximum Gasteiger partial charge on any atom is 0.305 e. The fourth-order valence-electron chi connectivity index (χ4n) is 3.25. The fourth-order valence-corrected chi connectivity index (χ4v) is 3.25. The zero-order valence-corrected chi connectivity index (χ0v) is 18.1. The first-order valence-electron chi connectivity index (χ1n) is 10.7. The van der Waals surface area contributed by atoms with Crippen LogP contribution in [0.15, 0.2) is 30.3 Å². The second kappa shape index (κ2) is 15.9. The van der Waals surface area contributed by atoms with Crippen molar-refractivity contribution in [2.24, 2.45) is 0 Å². The van der Waals surface area contributed by atoms with E-state index in [0.29, 0.717) is 19.6 Å². The van der Waals surface area contributed by atoms with Gasteiger partial charge in [-0.3, -0.25) is 9.59 Å². The number of hydrogen-bond acceptors (Lipinski definition) is 4. The molecule has 2 N–H and O–H groups in total. The average molecular weight is 407 g/mol. The number of aliphatic carboxylic acids is 1. The monoisotopic (exact) mass is 406 g/mol. The number of unbranched alkanes of at least 4 members (excludes halogenated alkanes) is 6. The third-order valence-corrected chi connectivity index (χ3v) is 4.68. The van der Waals surface area contributed by atoms with E-state index >= 15 is 0 Å². The predicted molar refractivity (Wildman–Crippen MR) is 116 cm³/mol. The predicted octanol–water partition coefficient (Wildman–Crippen LogP) is 3.85. The number of likely N-dealkylation sites (N-methyl/N-ethyl adjacent to an activating group) is 1. The van der Waals surface area contributed by atoms with Gasteiger partial charge in [0.25, 0.3) is 0 Å². The summed E-state index contributed by atoms with van der Waals surface area (Å²) in [5.74, 6) is -0.934. The number of rotatable bonds is 17. The number of nitrogens with one attached hydrogen (secondary N) is 1. The van der Waals surface area contributed by atoms with Crippen molar-refractivity contribution in [1.82, 2.24) is 10.2 Å². The molecule has 0 heterocycles. The van der Waals surface area contributed by atoms with Crippen molar-refractivity contribution in [3.8, 4) is 0 Å². The summed E-state index contributed by atoms with van der Waals surface area (Å²) in [7, 11) is 3.74. The molecule has 0 aliphatic rings. The molecule has 1 atom stereocenters. The quantitative estimate of drug-likeness (QED) is 0.384. The third kappa shape index (κ3) is 14.7. The van der Waals surface area contributed by atoms with Crippen LogP contribution in [0.4, 0.5) is 0 Å². The smallest absolute Gasteiger partial charge is 0.305 e. The number of carboxylic acid groups (broad SMARTS) is 1. The molecule has 0 radical (unpaired) electrons. The van der Waals surface area contributed by atoms with Gasteiger partial charge in [-0.15, -0.1) is 0 Å². The van der Waals surface area contributed by atoms with Gasteiger partial charge >= 0.3 is 5.97 Å². The van der Waals surface area contributed by atoms with Gasteiger partial charge in [0, 0.05) is 19.6 Å². The Balaban J connectivity index is 1.95. The largest absolute Gasteiger partial charge is 0.481 e. The van der Waals surface area contributed by atoms with Crippen LogP contribution in [-0.2, 0) is 20.9 Å². The van der Waals surface area contributed by atoms with Gasteiger partial charge in [0.15, 0.2) is 0 Å². The van der Waals surface area contributed by atoms with Crippen LogP contribution in [0, 0.1) is 0 Å². The minimum Gasteiger partial charge on any atom is -0.481 e. The zero-order valence-electron chi connectivity index (χ0n) is 18.1. The van der Waals surface area contributed by atoms with Crippen molar-refractivity contribution in [2.45, 2.75) is 70.4 Å². The Hall–Kier alpha value is -1.92. The molecule has 1 aromatic carbocycles. The van der Waals surface area contributed by atoms with E-state index < -0.39 is 5.97 Å². The van der Waals surface area contributed by atoms with Crippen LogP contribution in [0.5, 0.6) is 0 Å². The molecule has 0 saturated carbocycles. The van der Waals surface area contributed by atoms with E-state index in [1.165, 1.54) is 24.8 Å². The van der Waals surface area contributed by atoms with Crippen LogP contribution in [0.2, 0.25) is 0 Å². The lowest BCUT2D eigenvalue weighted by Crippen LogP contribution is -2.42. The lowest BCUT2D eigenvalue weighted by Gasteiger charge is -2.20. The molecule has 1 rings (SSSR count). The highest BCUT2D eigenvalue weighted by molar-refractivity contribution is 5.77. The SMILES string of the molecule is CN(C)C[C@@H](CC(=O)O)NC(=O)CCCCCCCCCOCc1ccccc1. The highest BCUT2D eigenvalue weighted by atomic mass is 16.5. The van der Waals surface area contributed by atoms with E-state index in [2.05, 4.69) is 17.4 Å². The molecule has 0 aliphatic heterocycles. The summed E-state index contributed by atoms with van der Waals surface area (Å²) in [6.45, 7) is 2.03. The van der Waals surface area contributed by atoms with Crippen molar-refractivity contribution in [2.75, 3.05) is 27.2 Å². The minimum absolute atomic E-state index is 0.0427. The average Bonchev–Trinajstić information content (AvgIpc) is 2.65. The van der Waals surface area contributed by atoms with Gasteiger partial charge in [0.1, 0.15) is 0 Å². The lowest BCUT2D eigenvalue weighted by molar-refractivity contribution is -0.137. The minimum atomic E-state index is -0.886. The van der Waals surface area contributed by atoms with Crippen molar-refractivity contribution in [3.63, 3.8) is 0 Å². The van der Waals surface area contributed by atoms with E-state index in [-0.39, 0.29) is 18.4 Å². The molecular weight excluding hydrogens is 368 g/mol. The first-order valence-corrected chi connectivity index (χ1v) is 10.7. The van der Waals surface area contributed by atoms with Gasteiger partial charge in [-0.25, -0.2) is 0 Å². The number of carboxylic acids is 1. The molecule has 1 amide bonds. The summed E-state index contributed by atoms with van der Waals surface area (Å²) in [5, 5.41) is 11.8. The Bertz CT molecular complexity index is 563. The van der Waals surface area contributed by atoms with Gasteiger partial charge in [0.2, 0.25) is 5.91 Å². The molecule has 1 aromatic rings. The van der Waals surface area contributed by atoms with E-state index in [9.17, 15) is 9.59 Å². The van der Waals surface area contributed by atoms with Gasteiger partial charge in [-0.2, -0.15) is 0 Å². The van der Waals surface area contributed by atoms with E-state index in [1.54, 1.807) is 0 Å². The molecule has 0 aliphatic carbocycles. The molecule has 0 unspecified atom stereocenters. The van der Waals surface area contributed by atoms with Gasteiger partial charge in [-0.05, 0) is 32.5 Å². The molecule has 0 spiro atoms. The van der Waals surface area contributed by atoms with Gasteiger partial charge in [-0.1, -0.05) is 62.4 Å². The summed E-state index contributed by atoms with van der Waals surface area (Å²) in [6.07, 6.45) is 8.10. The molecule has 0 saturated heterocycles. The number of hydrogen-bond donors (Lipinski definition) is 2. The molecular formula is C23H38N2O4. The first kappa shape index (κ1) is 25.1. The second-order valence-corrected chi connectivity index (χ2v) is 7.89. The number of ether oxygens (including phenoxy) is 1. The molecule has 6 nitrogen and oxygen atoms in total. The Labute approximate surface area is 175 Å². The Morgan fingerprint density at radius 3 is 2.24 bits per heavy atom. The van der Waals surface area contributed by atoms with Crippen LogP contribution in [0.3, 0.4) is 0 Å². The van der Waals surface area contributed by atoms with Crippen LogP contribution in [-0.4, -0.2) is 55.2 Å². The Kier molecular flexibility index (Phi) is 13.8. The van der Waals surface area contributed by atoms with Crippen molar-refractivity contribution in [1.29, 1.82) is 0 Å². The number of carbonyl (C=O) groups is 2. The van der Waals surface area contributed by atoms with Crippen molar-refractivity contribution >= 4 is 11.9 Å². The normalized spacial score (nSPS) is 12.1. The highest BCUT2D eigenvalue weighted by Gasteiger charge is 2.16. The third-order valence-electron chi connectivity index (χ3n) is 4.68. The van der Waals surface area contributed by atoms with Gasteiger partial charge in [0.05, 0.1) is 19.1 Å². The standard InChI is InChI=1S/C23H38N2O4/c1-25(2)18-21(17-23(27)28)24-22(26)15-11-6-4-3-5-7-12-16-29-19-20-13-9-8-10-14-20/h8-10,13-14,21H,3-7,11-12,15-19H2,1-2H3,(H,24,26)(H,27,28)/t21-/m1/s1. The molecule has 0 aromatic heterocycles. The molecule has 164 valence electrons. The summed E-state index contributed by atoms with van der Waals surface area (Å²) >= 11 is 0. The number of amides is 1. The molecule has 0 fully saturated rings. The molecule has 6 heteroatoms. The zero-order chi connectivity index (χ0) is 21.3. The van der Waals surface area contributed by atoms with E-state index in [0.717, 1.165) is 32.3 Å². The van der Waals surface area contributed by atoms with Crippen molar-refractivity contribution in [3.05, 3.63) is 35.9 Å². The highest BCUT2D eigenvalue weighted by Crippen LogP contribution is 2.09. The molecule has 0 bridgehead atoms. The van der Waals surface area contributed by atoms with Crippen molar-refractivity contribution < 1.29 is 19.4 Å². The first-order chi connectivity index (χ1) is 14.0. The van der Waals surface area contributed by atoms with Gasteiger partial charge < -0.3 is 20.1 Å². The van der Waals surface area contributed by atoms with E-state index in [4.69, 9.17) is 9.84 Å². The summed E-state index contributed by atoms with van der Waals surface area (Å²) in [4.78, 5) is 24.8. The Morgan fingerprint density at radius 2 is 1.62 bits per heavy atom. The van der Waals surface area contributed by atoms with Crippen LogP contribution >= 0.6 is 0 Å².